The molecule has 0 atom stereocenters. The van der Waals surface area contributed by atoms with Gasteiger partial charge in [0.25, 0.3) is 10.0 Å². The molecule has 0 aliphatic rings. The molecule has 0 amide bonds. The van der Waals surface area contributed by atoms with Crippen molar-refractivity contribution in [2.24, 2.45) is 0 Å². The third-order valence-electron chi connectivity index (χ3n) is 4.11. The van der Waals surface area contributed by atoms with Crippen molar-refractivity contribution in [3.8, 4) is 0 Å². The Balaban J connectivity index is 1.86. The minimum absolute atomic E-state index is 0.0244. The van der Waals surface area contributed by atoms with Gasteiger partial charge in [0.05, 0.1) is 27.6 Å². The molecule has 2 aromatic carbocycles. The monoisotopic (exact) mass is 487 g/mol. The molecule has 12 heteroatoms. The van der Waals surface area contributed by atoms with Gasteiger partial charge in [0.15, 0.2) is 5.82 Å². The third kappa shape index (κ3) is 6.03. The zero-order valence-corrected chi connectivity index (χ0v) is 19.0. The number of anilines is 4. The lowest BCUT2D eigenvalue weighted by Gasteiger charge is -2.17. The maximum absolute atomic E-state index is 14.7. The molecule has 0 saturated carbocycles. The SMILES string of the molecule is CN(C)CCNc1cc(F)ccc1Nc1cc(F)c(S(=O)(=O)Nc2cscn2)cc1Cl. The molecule has 3 aromatic rings. The van der Waals surface area contributed by atoms with Crippen LogP contribution in [0.15, 0.2) is 46.1 Å². The highest BCUT2D eigenvalue weighted by atomic mass is 35.5. The lowest BCUT2D eigenvalue weighted by atomic mass is 10.2. The second-order valence-corrected chi connectivity index (χ2v) is 9.56. The van der Waals surface area contributed by atoms with Gasteiger partial charge in [0, 0.05) is 24.5 Å². The minimum atomic E-state index is -4.22. The summed E-state index contributed by atoms with van der Waals surface area (Å²) < 4.78 is 55.6. The zero-order valence-electron chi connectivity index (χ0n) is 16.6. The van der Waals surface area contributed by atoms with E-state index in [0.29, 0.717) is 24.5 Å². The molecule has 3 N–H and O–H groups in total. The first-order valence-corrected chi connectivity index (χ1v) is 11.8. The lowest BCUT2D eigenvalue weighted by Crippen LogP contribution is -2.21. The van der Waals surface area contributed by atoms with E-state index < -0.39 is 26.6 Å². The van der Waals surface area contributed by atoms with E-state index in [0.717, 1.165) is 12.1 Å². The Morgan fingerprint density at radius 3 is 2.58 bits per heavy atom. The Labute approximate surface area is 188 Å². The van der Waals surface area contributed by atoms with Crippen molar-refractivity contribution in [1.82, 2.24) is 9.88 Å². The third-order valence-corrected chi connectivity index (χ3v) is 6.38. The predicted octanol–water partition coefficient (Wildman–Crippen LogP) is 4.59. The van der Waals surface area contributed by atoms with Gasteiger partial charge < -0.3 is 15.5 Å². The molecule has 1 heterocycles. The van der Waals surface area contributed by atoms with Crippen LogP contribution in [-0.2, 0) is 10.0 Å². The predicted molar refractivity (Wildman–Crippen MR) is 121 cm³/mol. The molecule has 1 aromatic heterocycles. The lowest BCUT2D eigenvalue weighted by molar-refractivity contribution is 0.425. The normalized spacial score (nSPS) is 11.5. The Hall–Kier alpha value is -2.47. The second kappa shape index (κ2) is 9.77. The van der Waals surface area contributed by atoms with Gasteiger partial charge in [0.2, 0.25) is 0 Å². The number of nitrogens with zero attached hydrogens (tertiary/aromatic N) is 2. The van der Waals surface area contributed by atoms with Crippen LogP contribution in [-0.4, -0.2) is 45.5 Å². The van der Waals surface area contributed by atoms with Crippen LogP contribution in [0.3, 0.4) is 0 Å². The second-order valence-electron chi connectivity index (χ2n) is 6.79. The van der Waals surface area contributed by atoms with Crippen molar-refractivity contribution in [3.63, 3.8) is 0 Å². The summed E-state index contributed by atoms with van der Waals surface area (Å²) in [6, 6.07) is 6.02. The van der Waals surface area contributed by atoms with E-state index >= 15 is 0 Å². The minimum Gasteiger partial charge on any atom is -0.382 e. The number of rotatable bonds is 9. The highest BCUT2D eigenvalue weighted by Crippen LogP contribution is 2.33. The van der Waals surface area contributed by atoms with Crippen LogP contribution in [0.1, 0.15) is 0 Å². The zero-order chi connectivity index (χ0) is 22.6. The van der Waals surface area contributed by atoms with Crippen LogP contribution in [0.2, 0.25) is 5.02 Å². The highest BCUT2D eigenvalue weighted by Gasteiger charge is 2.22. The molecule has 0 fully saturated rings. The van der Waals surface area contributed by atoms with Crippen LogP contribution in [0, 0.1) is 11.6 Å². The van der Waals surface area contributed by atoms with Gasteiger partial charge >= 0.3 is 0 Å². The molecule has 31 heavy (non-hydrogen) atoms. The Morgan fingerprint density at radius 2 is 1.90 bits per heavy atom. The summed E-state index contributed by atoms with van der Waals surface area (Å²) in [7, 11) is -0.398. The molecule has 0 unspecified atom stereocenters. The summed E-state index contributed by atoms with van der Waals surface area (Å²) in [6.07, 6.45) is 0. The van der Waals surface area contributed by atoms with Crippen LogP contribution < -0.4 is 15.4 Å². The molecule has 3 rings (SSSR count). The van der Waals surface area contributed by atoms with Crippen molar-refractivity contribution in [2.45, 2.75) is 4.90 Å². The number of benzene rings is 2. The molecule has 0 spiro atoms. The van der Waals surface area contributed by atoms with E-state index in [-0.39, 0.29) is 16.5 Å². The number of aromatic nitrogens is 1. The van der Waals surface area contributed by atoms with Crippen LogP contribution >= 0.6 is 22.9 Å². The standard InChI is InChI=1S/C19H20ClF2N5O2S2/c1-27(2)6-5-23-17-7-12(21)3-4-15(17)25-16-9-14(22)18(8-13(16)20)31(28,29)26-19-10-30-11-24-19/h3-4,7-11,23,25-26H,5-6H2,1-2H3. The van der Waals surface area contributed by atoms with Crippen molar-refractivity contribution < 1.29 is 17.2 Å². The van der Waals surface area contributed by atoms with Gasteiger partial charge in [-0.1, -0.05) is 11.6 Å². The molecule has 0 aliphatic carbocycles. The number of hydrogen-bond donors (Lipinski definition) is 3. The fraction of sp³-hybridized carbons (Fsp3) is 0.211. The number of sulfonamides is 1. The van der Waals surface area contributed by atoms with Crippen LogP contribution in [0.25, 0.3) is 0 Å². The van der Waals surface area contributed by atoms with Gasteiger partial charge in [0.1, 0.15) is 16.5 Å². The van der Waals surface area contributed by atoms with Crippen LogP contribution in [0.5, 0.6) is 0 Å². The van der Waals surface area contributed by atoms with Crippen molar-refractivity contribution >= 4 is 55.8 Å². The fourth-order valence-electron chi connectivity index (χ4n) is 2.62. The summed E-state index contributed by atoms with van der Waals surface area (Å²) in [4.78, 5) is 5.18. The average molecular weight is 488 g/mol. The molecular formula is C19H20ClF2N5O2S2. The molecule has 166 valence electrons. The largest absolute Gasteiger partial charge is 0.382 e. The van der Waals surface area contributed by atoms with E-state index in [1.807, 2.05) is 19.0 Å². The molecule has 0 saturated heterocycles. The first kappa shape index (κ1) is 23.2. The average Bonchev–Trinajstić information content (AvgIpc) is 3.18. The fourth-order valence-corrected chi connectivity index (χ4v) is 4.54. The number of thiazole rings is 1. The number of likely N-dealkylation sites (N-methyl/N-ethyl adjacent to an activating group) is 1. The molecule has 0 bridgehead atoms. The number of hydrogen-bond acceptors (Lipinski definition) is 7. The smallest absolute Gasteiger partial charge is 0.266 e. The topological polar surface area (TPSA) is 86.4 Å². The molecule has 0 radical (unpaired) electrons. The Bertz CT molecular complexity index is 1160. The van der Waals surface area contributed by atoms with Crippen molar-refractivity contribution in [2.75, 3.05) is 42.5 Å². The maximum atomic E-state index is 14.7. The first-order chi connectivity index (χ1) is 14.7. The molecular weight excluding hydrogens is 468 g/mol. The Morgan fingerprint density at radius 1 is 1.13 bits per heavy atom. The van der Waals surface area contributed by atoms with Gasteiger partial charge in [-0.2, -0.15) is 0 Å². The first-order valence-electron chi connectivity index (χ1n) is 9.01. The number of halogens is 3. The summed E-state index contributed by atoms with van der Waals surface area (Å²) in [5.41, 5.74) is 2.49. The van der Waals surface area contributed by atoms with Crippen molar-refractivity contribution in [3.05, 3.63) is 57.9 Å². The summed E-state index contributed by atoms with van der Waals surface area (Å²) >= 11 is 7.43. The molecule has 7 nitrogen and oxygen atoms in total. The van der Waals surface area contributed by atoms with Gasteiger partial charge in [-0.15, -0.1) is 11.3 Å². The van der Waals surface area contributed by atoms with Crippen molar-refractivity contribution in [1.29, 1.82) is 0 Å². The number of nitrogens with one attached hydrogen (secondary N) is 3. The summed E-state index contributed by atoms with van der Waals surface area (Å²) in [6.45, 7) is 1.26. The quantitative estimate of drug-likeness (QED) is 0.409. The van der Waals surface area contributed by atoms with Crippen LogP contribution in [0.4, 0.5) is 31.7 Å². The van der Waals surface area contributed by atoms with E-state index in [2.05, 4.69) is 20.3 Å². The Kier molecular flexibility index (Phi) is 7.31. The summed E-state index contributed by atoms with van der Waals surface area (Å²) in [5.74, 6) is -1.36. The molecule has 0 aliphatic heterocycles. The van der Waals surface area contributed by atoms with Gasteiger partial charge in [-0.3, -0.25) is 4.72 Å². The van der Waals surface area contributed by atoms with E-state index in [9.17, 15) is 17.2 Å². The van der Waals surface area contributed by atoms with E-state index in [4.69, 9.17) is 11.6 Å². The van der Waals surface area contributed by atoms with Gasteiger partial charge in [-0.05, 0) is 38.4 Å². The van der Waals surface area contributed by atoms with Gasteiger partial charge in [-0.25, -0.2) is 22.2 Å². The maximum Gasteiger partial charge on any atom is 0.266 e. The van der Waals surface area contributed by atoms with E-state index in [1.165, 1.54) is 40.4 Å². The summed E-state index contributed by atoms with van der Waals surface area (Å²) in [5, 5.41) is 7.49. The highest BCUT2D eigenvalue weighted by molar-refractivity contribution is 7.92. The van der Waals surface area contributed by atoms with E-state index in [1.54, 1.807) is 0 Å².